The van der Waals surface area contributed by atoms with Gasteiger partial charge in [0.15, 0.2) is 0 Å². The molecule has 0 amide bonds. The number of carbonyl (C=O) groups is 1. The summed E-state index contributed by atoms with van der Waals surface area (Å²) < 4.78 is 51.0. The van der Waals surface area contributed by atoms with Gasteiger partial charge in [-0.3, -0.25) is 4.98 Å². The fourth-order valence-corrected chi connectivity index (χ4v) is 3.57. The average molecular weight is 483 g/mol. The van der Waals surface area contributed by atoms with E-state index in [1.165, 1.54) is 32.4 Å². The van der Waals surface area contributed by atoms with Crippen LogP contribution in [0.4, 0.5) is 24.5 Å². The van der Waals surface area contributed by atoms with E-state index in [-0.39, 0.29) is 23.4 Å². The predicted molar refractivity (Wildman–Crippen MR) is 111 cm³/mol. The SMILES string of the molecule is CCOC(=O)c1cnc2cc(OC)c(Br)cc2c1Nc1cccc(C(F)(F)F)c1C. The van der Waals surface area contributed by atoms with Crippen LogP contribution in [0.25, 0.3) is 10.9 Å². The van der Waals surface area contributed by atoms with Crippen LogP contribution in [0.1, 0.15) is 28.4 Å². The lowest BCUT2D eigenvalue weighted by molar-refractivity contribution is -0.138. The Bertz CT molecular complexity index is 1120. The first-order chi connectivity index (χ1) is 14.2. The maximum Gasteiger partial charge on any atom is 0.416 e. The number of methoxy groups -OCH3 is 1. The Morgan fingerprint density at radius 1 is 1.27 bits per heavy atom. The fraction of sp³-hybridized carbons (Fsp3) is 0.238. The molecule has 2 aromatic carbocycles. The van der Waals surface area contributed by atoms with Gasteiger partial charge in [0, 0.05) is 23.3 Å². The van der Waals surface area contributed by atoms with Gasteiger partial charge in [-0.15, -0.1) is 0 Å². The van der Waals surface area contributed by atoms with E-state index in [1.54, 1.807) is 19.1 Å². The number of pyridine rings is 1. The Balaban J connectivity index is 2.23. The van der Waals surface area contributed by atoms with Crippen molar-refractivity contribution < 1.29 is 27.4 Å². The standard InChI is InChI=1S/C21H18BrF3N2O3/c1-4-30-20(28)13-10-26-17-9-18(29-3)15(22)8-12(17)19(13)27-16-7-5-6-14(11(16)2)21(23,24)25/h5-10H,4H2,1-3H3,(H,26,27). The first-order valence-electron chi connectivity index (χ1n) is 8.94. The number of rotatable bonds is 5. The van der Waals surface area contributed by atoms with Gasteiger partial charge in [0.05, 0.1) is 35.0 Å². The third-order valence-corrected chi connectivity index (χ3v) is 5.16. The minimum atomic E-state index is -4.50. The maximum absolute atomic E-state index is 13.3. The highest BCUT2D eigenvalue weighted by Gasteiger charge is 2.33. The topological polar surface area (TPSA) is 60.5 Å². The minimum absolute atomic E-state index is 0.0114. The number of aromatic nitrogens is 1. The first-order valence-corrected chi connectivity index (χ1v) is 9.73. The van der Waals surface area contributed by atoms with E-state index in [0.29, 0.717) is 26.8 Å². The number of carbonyl (C=O) groups excluding carboxylic acids is 1. The molecule has 1 aromatic heterocycles. The van der Waals surface area contributed by atoms with E-state index in [4.69, 9.17) is 9.47 Å². The molecule has 0 aliphatic rings. The van der Waals surface area contributed by atoms with Gasteiger partial charge in [-0.1, -0.05) is 6.07 Å². The van der Waals surface area contributed by atoms with Crippen LogP contribution in [0.2, 0.25) is 0 Å². The van der Waals surface area contributed by atoms with Gasteiger partial charge < -0.3 is 14.8 Å². The van der Waals surface area contributed by atoms with Crippen LogP contribution in [0.3, 0.4) is 0 Å². The molecule has 0 saturated heterocycles. The molecule has 30 heavy (non-hydrogen) atoms. The number of nitrogens with one attached hydrogen (secondary N) is 1. The molecule has 5 nitrogen and oxygen atoms in total. The lowest BCUT2D eigenvalue weighted by Crippen LogP contribution is -2.12. The Hall–Kier alpha value is -2.81. The van der Waals surface area contributed by atoms with Crippen molar-refractivity contribution in [1.29, 1.82) is 0 Å². The molecule has 3 aromatic rings. The molecule has 0 unspecified atom stereocenters. The van der Waals surface area contributed by atoms with Crippen LogP contribution in [-0.4, -0.2) is 24.7 Å². The minimum Gasteiger partial charge on any atom is -0.495 e. The molecule has 9 heteroatoms. The van der Waals surface area contributed by atoms with E-state index in [9.17, 15) is 18.0 Å². The highest BCUT2D eigenvalue weighted by atomic mass is 79.9. The second-order valence-corrected chi connectivity index (χ2v) is 7.23. The summed E-state index contributed by atoms with van der Waals surface area (Å²) in [5, 5.41) is 3.52. The number of benzene rings is 2. The fourth-order valence-electron chi connectivity index (χ4n) is 3.06. The molecule has 0 fully saturated rings. The maximum atomic E-state index is 13.3. The van der Waals surface area contributed by atoms with Crippen molar-refractivity contribution in [2.75, 3.05) is 19.0 Å². The highest BCUT2D eigenvalue weighted by molar-refractivity contribution is 9.10. The second-order valence-electron chi connectivity index (χ2n) is 6.37. The Kier molecular flexibility index (Phi) is 6.21. The zero-order valence-electron chi connectivity index (χ0n) is 16.4. The third-order valence-electron chi connectivity index (χ3n) is 4.54. The molecule has 158 valence electrons. The van der Waals surface area contributed by atoms with Gasteiger partial charge in [0.2, 0.25) is 0 Å². The predicted octanol–water partition coefficient (Wildman–Crippen LogP) is 6.25. The molecule has 0 aliphatic heterocycles. The first kappa shape index (κ1) is 21.9. The van der Waals surface area contributed by atoms with Crippen molar-refractivity contribution in [1.82, 2.24) is 4.98 Å². The number of fused-ring (bicyclic) bond motifs is 1. The summed E-state index contributed by atoms with van der Waals surface area (Å²) in [5.74, 6) is -0.106. The molecule has 1 heterocycles. The monoisotopic (exact) mass is 482 g/mol. The third kappa shape index (κ3) is 4.21. The lowest BCUT2D eigenvalue weighted by atomic mass is 10.0. The van der Waals surface area contributed by atoms with Crippen molar-refractivity contribution in [3.63, 3.8) is 0 Å². The van der Waals surface area contributed by atoms with Crippen LogP contribution >= 0.6 is 15.9 Å². The van der Waals surface area contributed by atoms with Crippen molar-refractivity contribution in [2.24, 2.45) is 0 Å². The van der Waals surface area contributed by atoms with Gasteiger partial charge in [0.1, 0.15) is 11.3 Å². The van der Waals surface area contributed by atoms with Gasteiger partial charge in [0.25, 0.3) is 0 Å². The van der Waals surface area contributed by atoms with Crippen molar-refractivity contribution >= 4 is 44.2 Å². The molecule has 0 saturated carbocycles. The Morgan fingerprint density at radius 2 is 2.00 bits per heavy atom. The Morgan fingerprint density at radius 3 is 2.63 bits per heavy atom. The van der Waals surface area contributed by atoms with Crippen molar-refractivity contribution in [2.45, 2.75) is 20.0 Å². The molecule has 0 aliphatic carbocycles. The average Bonchev–Trinajstić information content (AvgIpc) is 2.68. The van der Waals surface area contributed by atoms with Crippen molar-refractivity contribution in [3.05, 3.63) is 57.7 Å². The number of esters is 1. The summed E-state index contributed by atoms with van der Waals surface area (Å²) in [4.78, 5) is 16.8. The summed E-state index contributed by atoms with van der Waals surface area (Å²) in [7, 11) is 1.50. The van der Waals surface area contributed by atoms with Gasteiger partial charge in [-0.05, 0) is 53.5 Å². The summed E-state index contributed by atoms with van der Waals surface area (Å²) >= 11 is 3.40. The van der Waals surface area contributed by atoms with E-state index < -0.39 is 17.7 Å². The molecular weight excluding hydrogens is 465 g/mol. The van der Waals surface area contributed by atoms with Crippen LogP contribution in [-0.2, 0) is 10.9 Å². The number of anilines is 2. The van der Waals surface area contributed by atoms with Crippen molar-refractivity contribution in [3.8, 4) is 5.75 Å². The van der Waals surface area contributed by atoms with Crippen LogP contribution in [0.5, 0.6) is 5.75 Å². The molecule has 0 radical (unpaired) electrons. The molecule has 1 N–H and O–H groups in total. The highest BCUT2D eigenvalue weighted by Crippen LogP contribution is 2.39. The van der Waals surface area contributed by atoms with E-state index in [1.807, 2.05) is 0 Å². The zero-order valence-corrected chi connectivity index (χ0v) is 17.9. The number of ether oxygens (including phenoxy) is 2. The van der Waals surface area contributed by atoms with E-state index >= 15 is 0 Å². The van der Waals surface area contributed by atoms with E-state index in [2.05, 4.69) is 26.2 Å². The number of alkyl halides is 3. The summed E-state index contributed by atoms with van der Waals surface area (Å²) in [6, 6.07) is 7.20. The number of halogens is 4. The molecular formula is C21H18BrF3N2O3. The number of nitrogens with zero attached hydrogens (tertiary/aromatic N) is 1. The molecule has 0 spiro atoms. The quantitative estimate of drug-likeness (QED) is 0.435. The molecule has 3 rings (SSSR count). The van der Waals surface area contributed by atoms with Gasteiger partial charge in [-0.2, -0.15) is 13.2 Å². The van der Waals surface area contributed by atoms with E-state index in [0.717, 1.165) is 6.07 Å². The molecule has 0 bridgehead atoms. The number of hydrogen-bond donors (Lipinski definition) is 1. The van der Waals surface area contributed by atoms with Crippen LogP contribution in [0, 0.1) is 6.92 Å². The summed E-state index contributed by atoms with van der Waals surface area (Å²) in [5.41, 5.74) is 0.372. The second kappa shape index (κ2) is 8.51. The van der Waals surface area contributed by atoms with Gasteiger partial charge >= 0.3 is 12.1 Å². The number of hydrogen-bond acceptors (Lipinski definition) is 5. The normalized spacial score (nSPS) is 11.4. The largest absolute Gasteiger partial charge is 0.495 e. The zero-order chi connectivity index (χ0) is 22.1. The molecule has 0 atom stereocenters. The smallest absolute Gasteiger partial charge is 0.416 e. The lowest BCUT2D eigenvalue weighted by Gasteiger charge is -2.18. The Labute approximate surface area is 179 Å². The van der Waals surface area contributed by atoms with Crippen LogP contribution in [0.15, 0.2) is 41.0 Å². The van der Waals surface area contributed by atoms with Crippen LogP contribution < -0.4 is 10.1 Å². The summed E-state index contributed by atoms with van der Waals surface area (Å²) in [6.45, 7) is 3.18. The van der Waals surface area contributed by atoms with Gasteiger partial charge in [-0.25, -0.2) is 4.79 Å². The summed E-state index contributed by atoms with van der Waals surface area (Å²) in [6.07, 6.45) is -3.17.